The molecule has 5 heteroatoms. The highest BCUT2D eigenvalue weighted by Gasteiger charge is 2.18. The Morgan fingerprint density at radius 2 is 2.11 bits per heavy atom. The molecule has 0 saturated heterocycles. The van der Waals surface area contributed by atoms with E-state index in [1.54, 1.807) is 18.2 Å². The minimum Gasteiger partial charge on any atom is -0.497 e. The Bertz CT molecular complexity index is 679. The molecule has 0 radical (unpaired) electrons. The quantitative estimate of drug-likeness (QED) is 0.853. The zero-order valence-electron chi connectivity index (χ0n) is 10.6. The molecule has 0 spiro atoms. The van der Waals surface area contributed by atoms with Gasteiger partial charge in [-0.25, -0.2) is 4.79 Å². The van der Waals surface area contributed by atoms with Crippen molar-refractivity contribution in [3.63, 3.8) is 0 Å². The van der Waals surface area contributed by atoms with Crippen molar-refractivity contribution in [1.82, 2.24) is 4.57 Å². The molecule has 0 aliphatic carbocycles. The Kier molecular flexibility index (Phi) is 3.34. The summed E-state index contributed by atoms with van der Waals surface area (Å²) in [7, 11) is 3.05. The fourth-order valence-electron chi connectivity index (χ4n) is 2.05. The Morgan fingerprint density at radius 1 is 1.37 bits per heavy atom. The first-order chi connectivity index (χ1) is 9.12. The number of fused-ring (bicyclic) bond motifs is 1. The summed E-state index contributed by atoms with van der Waals surface area (Å²) in [6.07, 6.45) is 5.30. The van der Waals surface area contributed by atoms with Crippen LogP contribution in [0.2, 0.25) is 0 Å². The standard InChI is InChI=1S/C14H13NO4/c1-4-5-15-11(14(16)17)7-9-6-10(18-2)8-12(19-3)13(9)15/h1,6-8H,5H2,2-3H3,(H,16,17). The highest BCUT2D eigenvalue weighted by atomic mass is 16.5. The second-order valence-corrected chi connectivity index (χ2v) is 3.89. The fraction of sp³-hybridized carbons (Fsp3) is 0.214. The van der Waals surface area contributed by atoms with Crippen molar-refractivity contribution in [3.05, 3.63) is 23.9 Å². The molecular formula is C14H13NO4. The van der Waals surface area contributed by atoms with Gasteiger partial charge in [-0.3, -0.25) is 0 Å². The van der Waals surface area contributed by atoms with E-state index < -0.39 is 5.97 Å². The fourth-order valence-corrected chi connectivity index (χ4v) is 2.05. The zero-order valence-corrected chi connectivity index (χ0v) is 10.6. The van der Waals surface area contributed by atoms with Crippen LogP contribution >= 0.6 is 0 Å². The minimum absolute atomic E-state index is 0.125. The maximum absolute atomic E-state index is 11.3. The molecule has 0 aliphatic rings. The molecule has 98 valence electrons. The molecule has 0 aliphatic heterocycles. The number of hydrogen-bond donors (Lipinski definition) is 1. The van der Waals surface area contributed by atoms with E-state index in [1.807, 2.05) is 0 Å². The predicted octanol–water partition coefficient (Wildman–Crippen LogP) is 1.99. The minimum atomic E-state index is -1.03. The lowest BCUT2D eigenvalue weighted by Gasteiger charge is -2.09. The van der Waals surface area contributed by atoms with E-state index in [9.17, 15) is 9.90 Å². The van der Waals surface area contributed by atoms with Crippen LogP contribution in [-0.2, 0) is 6.54 Å². The second-order valence-electron chi connectivity index (χ2n) is 3.89. The highest BCUT2D eigenvalue weighted by molar-refractivity contribution is 5.97. The number of carboxylic acid groups (broad SMARTS) is 1. The number of terminal acetylenes is 1. The van der Waals surface area contributed by atoms with Crippen molar-refractivity contribution in [3.8, 4) is 23.8 Å². The molecule has 1 heterocycles. The second kappa shape index (κ2) is 4.94. The number of hydrogen-bond acceptors (Lipinski definition) is 3. The lowest BCUT2D eigenvalue weighted by molar-refractivity contribution is 0.0686. The van der Waals surface area contributed by atoms with E-state index in [0.717, 1.165) is 0 Å². The predicted molar refractivity (Wildman–Crippen MR) is 70.8 cm³/mol. The summed E-state index contributed by atoms with van der Waals surface area (Å²) in [5, 5.41) is 9.93. The number of benzene rings is 1. The SMILES string of the molecule is C#CCn1c(C(=O)O)cc2cc(OC)cc(OC)c21. The van der Waals surface area contributed by atoms with Crippen LogP contribution in [-0.4, -0.2) is 29.9 Å². The number of ether oxygens (including phenoxy) is 2. The molecule has 0 atom stereocenters. The molecule has 0 amide bonds. The van der Waals surface area contributed by atoms with Crippen molar-refractivity contribution in [2.75, 3.05) is 14.2 Å². The number of carboxylic acids is 1. The highest BCUT2D eigenvalue weighted by Crippen LogP contribution is 2.33. The first kappa shape index (κ1) is 12.8. The van der Waals surface area contributed by atoms with Crippen LogP contribution in [0.3, 0.4) is 0 Å². The first-order valence-electron chi connectivity index (χ1n) is 5.54. The van der Waals surface area contributed by atoms with E-state index in [-0.39, 0.29) is 12.2 Å². The van der Waals surface area contributed by atoms with Gasteiger partial charge in [-0.05, 0) is 12.1 Å². The van der Waals surface area contributed by atoms with E-state index >= 15 is 0 Å². The molecule has 1 aromatic heterocycles. The van der Waals surface area contributed by atoms with Crippen LogP contribution in [0.25, 0.3) is 10.9 Å². The molecule has 0 bridgehead atoms. The smallest absolute Gasteiger partial charge is 0.352 e. The van der Waals surface area contributed by atoms with Crippen molar-refractivity contribution in [2.24, 2.45) is 0 Å². The van der Waals surface area contributed by atoms with Gasteiger partial charge in [0.15, 0.2) is 0 Å². The van der Waals surface area contributed by atoms with E-state index in [1.165, 1.54) is 18.8 Å². The zero-order chi connectivity index (χ0) is 14.0. The van der Waals surface area contributed by atoms with Crippen LogP contribution < -0.4 is 9.47 Å². The van der Waals surface area contributed by atoms with Crippen LogP contribution in [0, 0.1) is 12.3 Å². The van der Waals surface area contributed by atoms with Gasteiger partial charge in [0.2, 0.25) is 0 Å². The van der Waals surface area contributed by atoms with Gasteiger partial charge in [0.05, 0.1) is 26.3 Å². The van der Waals surface area contributed by atoms with Crippen molar-refractivity contribution < 1.29 is 19.4 Å². The van der Waals surface area contributed by atoms with Crippen LogP contribution in [0.15, 0.2) is 18.2 Å². The summed E-state index contributed by atoms with van der Waals surface area (Å²) in [4.78, 5) is 11.3. The summed E-state index contributed by atoms with van der Waals surface area (Å²) in [5.41, 5.74) is 0.776. The van der Waals surface area contributed by atoms with Gasteiger partial charge < -0.3 is 19.1 Å². The van der Waals surface area contributed by atoms with Gasteiger partial charge in [-0.15, -0.1) is 6.42 Å². The molecule has 0 saturated carbocycles. The van der Waals surface area contributed by atoms with Gasteiger partial charge >= 0.3 is 5.97 Å². The van der Waals surface area contributed by atoms with Crippen molar-refractivity contribution >= 4 is 16.9 Å². The Hall–Kier alpha value is -2.61. The number of aromatic carboxylic acids is 1. The molecule has 0 fully saturated rings. The van der Waals surface area contributed by atoms with E-state index in [0.29, 0.717) is 22.4 Å². The van der Waals surface area contributed by atoms with Crippen LogP contribution in [0.4, 0.5) is 0 Å². The van der Waals surface area contributed by atoms with Crippen molar-refractivity contribution in [1.29, 1.82) is 0 Å². The van der Waals surface area contributed by atoms with Gasteiger partial charge in [-0.2, -0.15) is 0 Å². The number of rotatable bonds is 4. The number of carbonyl (C=O) groups is 1. The third-order valence-corrected chi connectivity index (χ3v) is 2.86. The molecule has 1 N–H and O–H groups in total. The Labute approximate surface area is 110 Å². The van der Waals surface area contributed by atoms with E-state index in [4.69, 9.17) is 15.9 Å². The lowest BCUT2D eigenvalue weighted by Crippen LogP contribution is -2.08. The monoisotopic (exact) mass is 259 g/mol. The van der Waals surface area contributed by atoms with Crippen molar-refractivity contribution in [2.45, 2.75) is 6.54 Å². The van der Waals surface area contributed by atoms with Crippen LogP contribution in [0.1, 0.15) is 10.5 Å². The molecule has 19 heavy (non-hydrogen) atoms. The molecule has 0 unspecified atom stereocenters. The first-order valence-corrected chi connectivity index (χ1v) is 5.54. The van der Waals surface area contributed by atoms with Gasteiger partial charge in [-0.1, -0.05) is 5.92 Å². The normalized spacial score (nSPS) is 10.2. The largest absolute Gasteiger partial charge is 0.497 e. The Morgan fingerprint density at radius 3 is 2.63 bits per heavy atom. The summed E-state index contributed by atoms with van der Waals surface area (Å²) in [6, 6.07) is 5.00. The maximum Gasteiger partial charge on any atom is 0.352 e. The average molecular weight is 259 g/mol. The van der Waals surface area contributed by atoms with Gasteiger partial charge in [0.25, 0.3) is 0 Å². The Balaban J connectivity index is 2.83. The molecule has 1 aromatic carbocycles. The average Bonchev–Trinajstić information content (AvgIpc) is 2.77. The topological polar surface area (TPSA) is 60.7 Å². The molecule has 2 aromatic rings. The van der Waals surface area contributed by atoms with Gasteiger partial charge in [0, 0.05) is 11.5 Å². The molecule has 5 nitrogen and oxygen atoms in total. The molecule has 2 rings (SSSR count). The summed E-state index contributed by atoms with van der Waals surface area (Å²) < 4.78 is 12.0. The maximum atomic E-state index is 11.3. The number of nitrogens with zero attached hydrogens (tertiary/aromatic N) is 1. The molecular weight excluding hydrogens is 246 g/mol. The third kappa shape index (κ3) is 2.08. The van der Waals surface area contributed by atoms with Gasteiger partial charge in [0.1, 0.15) is 17.2 Å². The third-order valence-electron chi connectivity index (χ3n) is 2.86. The van der Waals surface area contributed by atoms with E-state index in [2.05, 4.69) is 5.92 Å². The summed E-state index contributed by atoms with van der Waals surface area (Å²) in [5.74, 6) is 2.54. The number of methoxy groups -OCH3 is 2. The lowest BCUT2D eigenvalue weighted by atomic mass is 10.2. The number of aromatic nitrogens is 1. The van der Waals surface area contributed by atoms with Crippen LogP contribution in [0.5, 0.6) is 11.5 Å². The summed E-state index contributed by atoms with van der Waals surface area (Å²) >= 11 is 0. The summed E-state index contributed by atoms with van der Waals surface area (Å²) in [6.45, 7) is 0.161.